The van der Waals surface area contributed by atoms with Crippen LogP contribution in [0.3, 0.4) is 0 Å². The molecule has 1 aliphatic carbocycles. The van der Waals surface area contributed by atoms with Crippen LogP contribution in [0.25, 0.3) is 0 Å². The molecule has 0 aromatic heterocycles. The molecule has 0 amide bonds. The Morgan fingerprint density at radius 3 is 2.35 bits per heavy atom. The van der Waals surface area contributed by atoms with Gasteiger partial charge >= 0.3 is 0 Å². The van der Waals surface area contributed by atoms with Crippen LogP contribution < -0.4 is 0 Å². The van der Waals surface area contributed by atoms with Crippen LogP contribution in [-0.4, -0.2) is 29.1 Å². The zero-order valence-electron chi connectivity index (χ0n) is 13.1. The molecule has 1 aliphatic rings. The van der Waals surface area contributed by atoms with E-state index in [4.69, 9.17) is 0 Å². The topological polar surface area (TPSA) is 23.5 Å². The Morgan fingerprint density at radius 1 is 1.15 bits per heavy atom. The lowest BCUT2D eigenvalue weighted by Crippen LogP contribution is -2.34. The molecule has 0 spiro atoms. The summed E-state index contributed by atoms with van der Waals surface area (Å²) in [5.74, 6) is 1.04. The summed E-state index contributed by atoms with van der Waals surface area (Å²) in [6.45, 7) is 8.92. The van der Waals surface area contributed by atoms with E-state index in [9.17, 15) is 5.11 Å². The van der Waals surface area contributed by atoms with Gasteiger partial charge in [0.25, 0.3) is 0 Å². The van der Waals surface area contributed by atoms with Crippen molar-refractivity contribution in [2.75, 3.05) is 13.1 Å². The highest BCUT2D eigenvalue weighted by Crippen LogP contribution is 2.30. The summed E-state index contributed by atoms with van der Waals surface area (Å²) in [5.41, 5.74) is 1.04. The molecular weight excluding hydrogens is 246 g/mol. The summed E-state index contributed by atoms with van der Waals surface area (Å²) in [6.07, 6.45) is 3.58. The fourth-order valence-corrected chi connectivity index (χ4v) is 2.74. The standard InChI is InChI=1S/C18H29NO/c1-14(2)11-12-19(17-9-10-17)13-15(3)18(20)16-7-5-4-6-8-16/h4-8,14-15,17-18,20H,9-13H2,1-3H3. The Bertz CT molecular complexity index is 386. The summed E-state index contributed by atoms with van der Waals surface area (Å²) in [4.78, 5) is 2.59. The number of aliphatic hydroxyl groups is 1. The van der Waals surface area contributed by atoms with E-state index in [1.807, 2.05) is 30.3 Å². The molecule has 112 valence electrons. The third-order valence-electron chi connectivity index (χ3n) is 4.26. The monoisotopic (exact) mass is 275 g/mol. The zero-order valence-corrected chi connectivity index (χ0v) is 13.1. The molecule has 1 fully saturated rings. The summed E-state index contributed by atoms with van der Waals surface area (Å²) < 4.78 is 0. The van der Waals surface area contributed by atoms with Crippen LogP contribution in [0.15, 0.2) is 30.3 Å². The molecule has 0 aliphatic heterocycles. The quantitative estimate of drug-likeness (QED) is 0.778. The van der Waals surface area contributed by atoms with Crippen LogP contribution in [0, 0.1) is 11.8 Å². The largest absolute Gasteiger partial charge is 0.388 e. The first-order chi connectivity index (χ1) is 9.58. The van der Waals surface area contributed by atoms with Gasteiger partial charge in [-0.3, -0.25) is 0 Å². The Morgan fingerprint density at radius 2 is 1.80 bits per heavy atom. The van der Waals surface area contributed by atoms with Crippen LogP contribution in [0.1, 0.15) is 51.7 Å². The van der Waals surface area contributed by atoms with Gasteiger partial charge in [0.05, 0.1) is 6.10 Å². The molecule has 2 nitrogen and oxygen atoms in total. The highest BCUT2D eigenvalue weighted by molar-refractivity contribution is 5.17. The lowest BCUT2D eigenvalue weighted by Gasteiger charge is -2.29. The zero-order chi connectivity index (χ0) is 14.5. The summed E-state index contributed by atoms with van der Waals surface area (Å²) in [6, 6.07) is 10.8. The van der Waals surface area contributed by atoms with Gasteiger partial charge < -0.3 is 10.0 Å². The molecular formula is C18H29NO. The molecule has 2 rings (SSSR count). The van der Waals surface area contributed by atoms with E-state index in [0.717, 1.165) is 24.1 Å². The Labute approximate surface area is 123 Å². The van der Waals surface area contributed by atoms with Crippen molar-refractivity contribution < 1.29 is 5.11 Å². The predicted octanol–water partition coefficient (Wildman–Crippen LogP) is 3.87. The first kappa shape index (κ1) is 15.5. The van der Waals surface area contributed by atoms with Gasteiger partial charge in [-0.1, -0.05) is 51.1 Å². The van der Waals surface area contributed by atoms with Crippen molar-refractivity contribution in [2.45, 2.75) is 52.2 Å². The Balaban J connectivity index is 1.89. The maximum atomic E-state index is 10.5. The van der Waals surface area contributed by atoms with Crippen LogP contribution in [-0.2, 0) is 0 Å². The van der Waals surface area contributed by atoms with Crippen LogP contribution >= 0.6 is 0 Å². The van der Waals surface area contributed by atoms with E-state index >= 15 is 0 Å². The van der Waals surface area contributed by atoms with Gasteiger partial charge in [-0.15, -0.1) is 0 Å². The number of benzene rings is 1. The summed E-state index contributed by atoms with van der Waals surface area (Å²) in [5, 5.41) is 10.5. The highest BCUT2D eigenvalue weighted by Gasteiger charge is 2.31. The number of rotatable bonds is 8. The molecule has 1 N–H and O–H groups in total. The molecule has 0 bridgehead atoms. The number of nitrogens with zero attached hydrogens (tertiary/aromatic N) is 1. The van der Waals surface area contributed by atoms with Crippen molar-refractivity contribution in [1.82, 2.24) is 4.90 Å². The molecule has 20 heavy (non-hydrogen) atoms. The second kappa shape index (κ2) is 7.24. The van der Waals surface area contributed by atoms with Crippen molar-refractivity contribution in [3.63, 3.8) is 0 Å². The predicted molar refractivity (Wildman–Crippen MR) is 84.6 cm³/mol. The third kappa shape index (κ3) is 4.60. The van der Waals surface area contributed by atoms with Crippen LogP contribution in [0.5, 0.6) is 0 Å². The fraction of sp³-hybridized carbons (Fsp3) is 0.667. The molecule has 0 radical (unpaired) electrons. The van der Waals surface area contributed by atoms with Crippen LogP contribution in [0.2, 0.25) is 0 Å². The van der Waals surface area contributed by atoms with Crippen molar-refractivity contribution in [2.24, 2.45) is 11.8 Å². The fourth-order valence-electron chi connectivity index (χ4n) is 2.74. The first-order valence-electron chi connectivity index (χ1n) is 8.05. The van der Waals surface area contributed by atoms with Gasteiger partial charge in [0.1, 0.15) is 0 Å². The summed E-state index contributed by atoms with van der Waals surface area (Å²) >= 11 is 0. The SMILES string of the molecule is CC(C)CCN(CC(C)C(O)c1ccccc1)C1CC1. The van der Waals surface area contributed by atoms with Crippen molar-refractivity contribution in [3.8, 4) is 0 Å². The third-order valence-corrected chi connectivity index (χ3v) is 4.26. The van der Waals surface area contributed by atoms with E-state index in [-0.39, 0.29) is 12.0 Å². The summed E-state index contributed by atoms with van der Waals surface area (Å²) in [7, 11) is 0. The van der Waals surface area contributed by atoms with E-state index in [0.29, 0.717) is 0 Å². The van der Waals surface area contributed by atoms with Crippen molar-refractivity contribution in [3.05, 3.63) is 35.9 Å². The van der Waals surface area contributed by atoms with Gasteiger partial charge in [0, 0.05) is 12.6 Å². The average molecular weight is 275 g/mol. The van der Waals surface area contributed by atoms with Gasteiger partial charge in [-0.2, -0.15) is 0 Å². The molecule has 0 saturated heterocycles. The number of hydrogen-bond donors (Lipinski definition) is 1. The first-order valence-corrected chi connectivity index (χ1v) is 8.05. The molecule has 1 aromatic carbocycles. The Hall–Kier alpha value is -0.860. The molecule has 0 heterocycles. The lowest BCUT2D eigenvalue weighted by atomic mass is 9.96. The van der Waals surface area contributed by atoms with E-state index in [2.05, 4.69) is 25.7 Å². The second-order valence-electron chi connectivity index (χ2n) is 6.74. The van der Waals surface area contributed by atoms with Gasteiger partial charge in [0.2, 0.25) is 0 Å². The Kier molecular flexibility index (Phi) is 5.62. The maximum Gasteiger partial charge on any atom is 0.0827 e. The van der Waals surface area contributed by atoms with Crippen molar-refractivity contribution in [1.29, 1.82) is 0 Å². The van der Waals surface area contributed by atoms with Crippen LogP contribution in [0.4, 0.5) is 0 Å². The molecule has 2 heteroatoms. The van der Waals surface area contributed by atoms with Gasteiger partial charge in [0.15, 0.2) is 0 Å². The minimum absolute atomic E-state index is 0.283. The van der Waals surface area contributed by atoms with Gasteiger partial charge in [-0.05, 0) is 43.2 Å². The average Bonchev–Trinajstić information content (AvgIpc) is 3.27. The highest BCUT2D eigenvalue weighted by atomic mass is 16.3. The lowest BCUT2D eigenvalue weighted by molar-refractivity contribution is 0.0841. The van der Waals surface area contributed by atoms with E-state index in [1.165, 1.54) is 25.8 Å². The molecule has 1 saturated carbocycles. The number of aliphatic hydroxyl groups excluding tert-OH is 1. The minimum atomic E-state index is -0.350. The minimum Gasteiger partial charge on any atom is -0.388 e. The molecule has 1 aromatic rings. The normalized spacial score (nSPS) is 18.5. The molecule has 2 atom stereocenters. The smallest absolute Gasteiger partial charge is 0.0827 e. The number of hydrogen-bond acceptors (Lipinski definition) is 2. The van der Waals surface area contributed by atoms with E-state index in [1.54, 1.807) is 0 Å². The van der Waals surface area contributed by atoms with E-state index < -0.39 is 0 Å². The maximum absolute atomic E-state index is 10.5. The van der Waals surface area contributed by atoms with Crippen molar-refractivity contribution >= 4 is 0 Å². The second-order valence-corrected chi connectivity index (χ2v) is 6.74. The van der Waals surface area contributed by atoms with Gasteiger partial charge in [-0.25, -0.2) is 0 Å². The molecule has 2 unspecified atom stereocenters.